The number of methoxy groups -OCH3 is 1. The van der Waals surface area contributed by atoms with Crippen molar-refractivity contribution in [2.45, 2.75) is 44.8 Å². The van der Waals surface area contributed by atoms with Gasteiger partial charge in [0.05, 0.1) is 13.2 Å². The van der Waals surface area contributed by atoms with Crippen molar-refractivity contribution in [3.05, 3.63) is 36.0 Å². The van der Waals surface area contributed by atoms with Crippen LogP contribution in [-0.4, -0.2) is 50.8 Å². The monoisotopic (exact) mass is 382 g/mol. The molecule has 2 fully saturated rings. The van der Waals surface area contributed by atoms with Gasteiger partial charge < -0.3 is 10.1 Å². The molecule has 1 N–H and O–H groups in total. The fourth-order valence-corrected chi connectivity index (χ4v) is 4.77. The summed E-state index contributed by atoms with van der Waals surface area (Å²) in [5.74, 6) is 1.95. The van der Waals surface area contributed by atoms with Gasteiger partial charge in [-0.25, -0.2) is 14.6 Å². The highest BCUT2D eigenvalue weighted by Gasteiger charge is 2.50. The summed E-state index contributed by atoms with van der Waals surface area (Å²) in [7, 11) is 1.66. The lowest BCUT2D eigenvalue weighted by atomic mass is 9.74. The molecule has 148 valence electrons. The number of hydrogen-bond acceptors (Lipinski definition) is 6. The number of nitrogens with zero attached hydrogens (tertiary/aromatic N) is 5. The minimum absolute atomic E-state index is 0.00300. The summed E-state index contributed by atoms with van der Waals surface area (Å²) in [5, 5.41) is 7.69. The van der Waals surface area contributed by atoms with Gasteiger partial charge in [0.1, 0.15) is 12.2 Å². The Morgan fingerprint density at radius 2 is 2.18 bits per heavy atom. The van der Waals surface area contributed by atoms with Gasteiger partial charge in [-0.15, -0.1) is 0 Å². The van der Waals surface area contributed by atoms with Crippen LogP contribution in [0.3, 0.4) is 0 Å². The summed E-state index contributed by atoms with van der Waals surface area (Å²) in [6, 6.07) is 3.95. The lowest BCUT2D eigenvalue weighted by Gasteiger charge is -2.41. The van der Waals surface area contributed by atoms with Crippen LogP contribution in [0.25, 0.3) is 0 Å². The second kappa shape index (κ2) is 6.84. The third kappa shape index (κ3) is 3.05. The van der Waals surface area contributed by atoms with Gasteiger partial charge in [0, 0.05) is 42.7 Å². The zero-order valence-corrected chi connectivity index (χ0v) is 16.2. The Kier molecular flexibility index (Phi) is 4.30. The number of amides is 1. The average molecular weight is 382 g/mol. The van der Waals surface area contributed by atoms with E-state index in [1.54, 1.807) is 19.6 Å². The maximum Gasteiger partial charge on any atom is 0.223 e. The Balaban J connectivity index is 1.38. The highest BCUT2D eigenvalue weighted by Crippen LogP contribution is 2.48. The standard InChI is InChI=1S/C20H26N6O2/c1-28-19-15(3-2-8-21-19)11-25-9-6-20(12-25)7-10-26-17(22-13-23-26)16(20)24-18(27)14-4-5-14/h2-3,8,13-14,16H,4-7,9-12H2,1H3,(H,24,27)/t16-,20+/m1/s1. The smallest absolute Gasteiger partial charge is 0.223 e. The molecule has 0 aromatic carbocycles. The number of nitrogens with one attached hydrogen (secondary N) is 1. The van der Waals surface area contributed by atoms with Gasteiger partial charge in [0.15, 0.2) is 0 Å². The zero-order valence-electron chi connectivity index (χ0n) is 16.2. The molecule has 3 aliphatic rings. The topological polar surface area (TPSA) is 85.2 Å². The molecule has 8 nitrogen and oxygen atoms in total. The molecule has 2 aliphatic heterocycles. The van der Waals surface area contributed by atoms with Crippen molar-refractivity contribution in [3.63, 3.8) is 0 Å². The van der Waals surface area contributed by atoms with Crippen molar-refractivity contribution in [1.29, 1.82) is 0 Å². The number of ether oxygens (including phenoxy) is 1. The molecule has 1 spiro atoms. The van der Waals surface area contributed by atoms with E-state index < -0.39 is 0 Å². The van der Waals surface area contributed by atoms with E-state index in [1.807, 2.05) is 10.7 Å². The van der Waals surface area contributed by atoms with Gasteiger partial charge in [-0.3, -0.25) is 9.69 Å². The Morgan fingerprint density at radius 3 is 3.00 bits per heavy atom. The number of fused-ring (bicyclic) bond motifs is 1. The molecule has 5 rings (SSSR count). The minimum Gasteiger partial charge on any atom is -0.481 e. The number of hydrogen-bond donors (Lipinski definition) is 1. The van der Waals surface area contributed by atoms with Crippen LogP contribution in [-0.2, 0) is 17.9 Å². The van der Waals surface area contributed by atoms with E-state index in [-0.39, 0.29) is 23.3 Å². The molecular formula is C20H26N6O2. The molecule has 1 aliphatic carbocycles. The highest BCUT2D eigenvalue weighted by atomic mass is 16.5. The van der Waals surface area contributed by atoms with E-state index in [1.165, 1.54) is 0 Å². The van der Waals surface area contributed by atoms with Gasteiger partial charge in [0.25, 0.3) is 0 Å². The van der Waals surface area contributed by atoms with E-state index in [4.69, 9.17) is 4.74 Å². The van der Waals surface area contributed by atoms with Gasteiger partial charge in [-0.2, -0.15) is 5.10 Å². The second-order valence-corrected chi connectivity index (χ2v) is 8.30. The summed E-state index contributed by atoms with van der Waals surface area (Å²) < 4.78 is 7.37. The molecule has 0 radical (unpaired) electrons. The molecule has 2 atom stereocenters. The number of aryl methyl sites for hydroxylation is 1. The SMILES string of the molecule is COc1ncccc1CN1CC[C@]2(CCn3ncnc3[C@H]2NC(=O)C2CC2)C1. The molecule has 2 aromatic heterocycles. The summed E-state index contributed by atoms with van der Waals surface area (Å²) in [6.45, 7) is 3.57. The van der Waals surface area contributed by atoms with Crippen LogP contribution in [0.4, 0.5) is 0 Å². The lowest BCUT2D eigenvalue weighted by Crippen LogP contribution is -2.48. The quantitative estimate of drug-likeness (QED) is 0.844. The normalized spacial score (nSPS) is 27.0. The van der Waals surface area contributed by atoms with Gasteiger partial charge in [-0.1, -0.05) is 6.07 Å². The second-order valence-electron chi connectivity index (χ2n) is 8.30. The predicted octanol–water partition coefficient (Wildman–Crippen LogP) is 1.54. The van der Waals surface area contributed by atoms with E-state index in [2.05, 4.69) is 31.3 Å². The van der Waals surface area contributed by atoms with Crippen molar-refractivity contribution in [1.82, 2.24) is 30.0 Å². The summed E-state index contributed by atoms with van der Waals surface area (Å²) in [5.41, 5.74) is 1.10. The van der Waals surface area contributed by atoms with Crippen LogP contribution in [0.5, 0.6) is 5.88 Å². The molecule has 2 aromatic rings. The van der Waals surface area contributed by atoms with Crippen molar-refractivity contribution in [2.24, 2.45) is 11.3 Å². The van der Waals surface area contributed by atoms with Gasteiger partial charge in [0.2, 0.25) is 11.8 Å². The van der Waals surface area contributed by atoms with Crippen LogP contribution < -0.4 is 10.1 Å². The lowest BCUT2D eigenvalue weighted by molar-refractivity contribution is -0.124. The first-order valence-corrected chi connectivity index (χ1v) is 10.1. The maximum atomic E-state index is 12.6. The number of carbonyl (C=O) groups excluding carboxylic acids is 1. The summed E-state index contributed by atoms with van der Waals surface area (Å²) in [6.07, 6.45) is 7.41. The predicted molar refractivity (Wildman–Crippen MR) is 101 cm³/mol. The fraction of sp³-hybridized carbons (Fsp3) is 0.600. The van der Waals surface area contributed by atoms with E-state index in [9.17, 15) is 4.79 Å². The first-order valence-electron chi connectivity index (χ1n) is 10.1. The van der Waals surface area contributed by atoms with Crippen LogP contribution in [0.2, 0.25) is 0 Å². The molecule has 0 bridgehead atoms. The number of aromatic nitrogens is 4. The summed E-state index contributed by atoms with van der Waals surface area (Å²) in [4.78, 5) is 23.9. The van der Waals surface area contributed by atoms with E-state index in [0.717, 1.165) is 63.3 Å². The van der Waals surface area contributed by atoms with Crippen LogP contribution in [0, 0.1) is 11.3 Å². The van der Waals surface area contributed by atoms with E-state index >= 15 is 0 Å². The van der Waals surface area contributed by atoms with Crippen molar-refractivity contribution in [2.75, 3.05) is 20.2 Å². The van der Waals surface area contributed by atoms with Crippen molar-refractivity contribution in [3.8, 4) is 5.88 Å². The molecule has 8 heteroatoms. The molecule has 0 unspecified atom stereocenters. The first-order chi connectivity index (χ1) is 13.7. The van der Waals surface area contributed by atoms with Crippen LogP contribution >= 0.6 is 0 Å². The number of likely N-dealkylation sites (tertiary alicyclic amines) is 1. The first kappa shape index (κ1) is 17.6. The van der Waals surface area contributed by atoms with Crippen LogP contribution in [0.15, 0.2) is 24.7 Å². The number of pyridine rings is 1. The third-order valence-electron chi connectivity index (χ3n) is 6.47. The van der Waals surface area contributed by atoms with E-state index in [0.29, 0.717) is 5.88 Å². The largest absolute Gasteiger partial charge is 0.481 e. The van der Waals surface area contributed by atoms with Crippen LogP contribution in [0.1, 0.15) is 43.1 Å². The third-order valence-corrected chi connectivity index (χ3v) is 6.47. The molecule has 1 saturated carbocycles. The molecule has 4 heterocycles. The average Bonchev–Trinajstić information content (AvgIpc) is 3.33. The highest BCUT2D eigenvalue weighted by molar-refractivity contribution is 5.81. The Hall–Kier alpha value is -2.48. The Morgan fingerprint density at radius 1 is 1.32 bits per heavy atom. The fourth-order valence-electron chi connectivity index (χ4n) is 4.77. The molecule has 1 amide bonds. The van der Waals surface area contributed by atoms with Gasteiger partial charge in [-0.05, 0) is 38.3 Å². The number of carbonyl (C=O) groups is 1. The summed E-state index contributed by atoms with van der Waals surface area (Å²) >= 11 is 0. The zero-order chi connectivity index (χ0) is 19.1. The number of rotatable bonds is 5. The minimum atomic E-state index is -0.0716. The molecular weight excluding hydrogens is 356 g/mol. The van der Waals surface area contributed by atoms with Crippen molar-refractivity contribution >= 4 is 5.91 Å². The Labute approximate surface area is 164 Å². The molecule has 28 heavy (non-hydrogen) atoms. The maximum absolute atomic E-state index is 12.6. The molecule has 1 saturated heterocycles. The Bertz CT molecular complexity index is 879. The van der Waals surface area contributed by atoms with Gasteiger partial charge >= 0.3 is 0 Å². The van der Waals surface area contributed by atoms with Crippen molar-refractivity contribution < 1.29 is 9.53 Å².